The quantitative estimate of drug-likeness (QED) is 0.556. The fourth-order valence-corrected chi connectivity index (χ4v) is 0.493. The van der Waals surface area contributed by atoms with E-state index in [-0.39, 0.29) is 5.92 Å². The van der Waals surface area contributed by atoms with Crippen molar-refractivity contribution in [3.8, 4) is 0 Å². The molecular weight excluding hydrogens is 160 g/mol. The fraction of sp³-hybridized carbons (Fsp3) is 0.714. The minimum atomic E-state index is -0.649. The standard InChI is InChI=1S/C7H14N2O3/c1-4(2)6(8)7(11)9-12-5(3)10/h4,6H,8H2,1-3H3,(H,9,11). The van der Waals surface area contributed by atoms with Crippen molar-refractivity contribution in [2.75, 3.05) is 0 Å². The summed E-state index contributed by atoms with van der Waals surface area (Å²) in [6.45, 7) is 4.80. The second-order valence-electron chi connectivity index (χ2n) is 2.83. The van der Waals surface area contributed by atoms with E-state index < -0.39 is 17.9 Å². The van der Waals surface area contributed by atoms with Crippen molar-refractivity contribution in [2.24, 2.45) is 11.7 Å². The molecule has 0 aromatic carbocycles. The Bertz CT molecular complexity index is 179. The van der Waals surface area contributed by atoms with Crippen LogP contribution in [0.3, 0.4) is 0 Å². The lowest BCUT2D eigenvalue weighted by Crippen LogP contribution is -2.44. The topological polar surface area (TPSA) is 81.4 Å². The van der Waals surface area contributed by atoms with E-state index in [2.05, 4.69) is 4.84 Å². The normalized spacial score (nSPS) is 12.4. The van der Waals surface area contributed by atoms with E-state index in [0.29, 0.717) is 0 Å². The summed E-state index contributed by atoms with van der Waals surface area (Å²) in [6.07, 6.45) is 0. The Balaban J connectivity index is 3.80. The second kappa shape index (κ2) is 4.71. The molecule has 3 N–H and O–H groups in total. The Hall–Kier alpha value is -1.10. The molecule has 0 saturated carbocycles. The summed E-state index contributed by atoms with van der Waals surface area (Å²) in [6, 6.07) is -0.649. The maximum atomic E-state index is 11.0. The highest BCUT2D eigenvalue weighted by Gasteiger charge is 2.17. The van der Waals surface area contributed by atoms with Gasteiger partial charge in [-0.25, -0.2) is 0 Å². The van der Waals surface area contributed by atoms with Crippen LogP contribution in [0.25, 0.3) is 0 Å². The van der Waals surface area contributed by atoms with Gasteiger partial charge in [0, 0.05) is 6.92 Å². The zero-order valence-electron chi connectivity index (χ0n) is 7.46. The van der Waals surface area contributed by atoms with Gasteiger partial charge in [-0.3, -0.25) is 9.59 Å². The Kier molecular flexibility index (Phi) is 4.28. The molecule has 12 heavy (non-hydrogen) atoms. The highest BCUT2D eigenvalue weighted by Crippen LogP contribution is 1.97. The lowest BCUT2D eigenvalue weighted by Gasteiger charge is -2.13. The van der Waals surface area contributed by atoms with E-state index in [1.54, 1.807) is 13.8 Å². The summed E-state index contributed by atoms with van der Waals surface area (Å²) in [4.78, 5) is 25.5. The Labute approximate surface area is 71.2 Å². The monoisotopic (exact) mass is 174 g/mol. The van der Waals surface area contributed by atoms with Crippen molar-refractivity contribution >= 4 is 11.9 Å². The van der Waals surface area contributed by atoms with E-state index in [1.807, 2.05) is 5.48 Å². The van der Waals surface area contributed by atoms with Crippen molar-refractivity contribution in [1.29, 1.82) is 0 Å². The molecular formula is C7H14N2O3. The number of nitrogens with one attached hydrogen (secondary N) is 1. The van der Waals surface area contributed by atoms with Crippen LogP contribution in [0.5, 0.6) is 0 Å². The van der Waals surface area contributed by atoms with E-state index in [0.717, 1.165) is 0 Å². The average Bonchev–Trinajstić information content (AvgIpc) is 1.98. The summed E-state index contributed by atoms with van der Waals surface area (Å²) in [7, 11) is 0. The number of amides is 1. The molecule has 5 heteroatoms. The van der Waals surface area contributed by atoms with Crippen LogP contribution in [0.4, 0.5) is 0 Å². The zero-order valence-corrected chi connectivity index (χ0v) is 7.46. The molecule has 1 unspecified atom stereocenters. The lowest BCUT2D eigenvalue weighted by atomic mass is 10.1. The number of hydroxylamine groups is 1. The molecule has 0 aliphatic carbocycles. The van der Waals surface area contributed by atoms with E-state index in [9.17, 15) is 9.59 Å². The highest BCUT2D eigenvalue weighted by atomic mass is 16.7. The van der Waals surface area contributed by atoms with E-state index >= 15 is 0 Å². The smallest absolute Gasteiger partial charge is 0.329 e. The van der Waals surface area contributed by atoms with Gasteiger partial charge in [0.2, 0.25) is 0 Å². The third kappa shape index (κ3) is 3.92. The van der Waals surface area contributed by atoms with E-state index in [1.165, 1.54) is 6.92 Å². The van der Waals surface area contributed by atoms with Crippen LogP contribution in [0.1, 0.15) is 20.8 Å². The van der Waals surface area contributed by atoms with Crippen molar-refractivity contribution < 1.29 is 14.4 Å². The van der Waals surface area contributed by atoms with Crippen molar-refractivity contribution in [1.82, 2.24) is 5.48 Å². The van der Waals surface area contributed by atoms with Crippen molar-refractivity contribution in [2.45, 2.75) is 26.8 Å². The van der Waals surface area contributed by atoms with Gasteiger partial charge in [0.25, 0.3) is 5.91 Å². The third-order valence-corrected chi connectivity index (χ3v) is 1.32. The van der Waals surface area contributed by atoms with Gasteiger partial charge in [-0.2, -0.15) is 5.48 Å². The molecule has 70 valence electrons. The fourth-order valence-electron chi connectivity index (χ4n) is 0.493. The second-order valence-corrected chi connectivity index (χ2v) is 2.83. The molecule has 0 rings (SSSR count). The highest BCUT2D eigenvalue weighted by molar-refractivity contribution is 5.82. The van der Waals surface area contributed by atoms with Gasteiger partial charge in [-0.05, 0) is 5.92 Å². The maximum Gasteiger partial charge on any atom is 0.329 e. The predicted molar refractivity (Wildman–Crippen MR) is 42.7 cm³/mol. The van der Waals surface area contributed by atoms with Gasteiger partial charge in [0.1, 0.15) is 0 Å². The first-order valence-electron chi connectivity index (χ1n) is 3.68. The Morgan fingerprint density at radius 2 is 1.92 bits per heavy atom. The molecule has 0 radical (unpaired) electrons. The van der Waals surface area contributed by atoms with Gasteiger partial charge >= 0.3 is 5.97 Å². The molecule has 0 aliphatic rings. The first-order valence-corrected chi connectivity index (χ1v) is 3.68. The molecule has 0 aliphatic heterocycles. The number of nitrogens with two attached hydrogens (primary N) is 1. The van der Waals surface area contributed by atoms with Crippen LogP contribution in [-0.4, -0.2) is 17.9 Å². The van der Waals surface area contributed by atoms with Crippen LogP contribution in [0.15, 0.2) is 0 Å². The molecule has 1 amide bonds. The van der Waals surface area contributed by atoms with Crippen LogP contribution >= 0.6 is 0 Å². The van der Waals surface area contributed by atoms with Gasteiger partial charge in [0.05, 0.1) is 6.04 Å². The summed E-state index contributed by atoms with van der Waals surface area (Å²) < 4.78 is 0. The molecule has 0 heterocycles. The van der Waals surface area contributed by atoms with E-state index in [4.69, 9.17) is 5.73 Å². The largest absolute Gasteiger partial charge is 0.341 e. The molecule has 0 aromatic rings. The maximum absolute atomic E-state index is 11.0. The molecule has 1 atom stereocenters. The molecule has 0 bridgehead atoms. The average molecular weight is 174 g/mol. The SMILES string of the molecule is CC(=O)ONC(=O)C(N)C(C)C. The van der Waals surface area contributed by atoms with Crippen LogP contribution in [-0.2, 0) is 14.4 Å². The van der Waals surface area contributed by atoms with Crippen molar-refractivity contribution in [3.05, 3.63) is 0 Å². The van der Waals surface area contributed by atoms with Gasteiger partial charge in [-0.15, -0.1) is 0 Å². The first-order chi connectivity index (χ1) is 5.45. The van der Waals surface area contributed by atoms with Gasteiger partial charge in [-0.1, -0.05) is 13.8 Å². The minimum Gasteiger partial charge on any atom is -0.341 e. The van der Waals surface area contributed by atoms with Crippen LogP contribution in [0, 0.1) is 5.92 Å². The molecule has 0 aromatic heterocycles. The Morgan fingerprint density at radius 1 is 1.42 bits per heavy atom. The number of carbonyl (C=O) groups excluding carboxylic acids is 2. The lowest BCUT2D eigenvalue weighted by molar-refractivity contribution is -0.156. The Morgan fingerprint density at radius 3 is 2.25 bits per heavy atom. The molecule has 5 nitrogen and oxygen atoms in total. The van der Waals surface area contributed by atoms with Crippen LogP contribution in [0.2, 0.25) is 0 Å². The number of rotatable bonds is 2. The third-order valence-electron chi connectivity index (χ3n) is 1.32. The molecule has 0 spiro atoms. The molecule has 0 saturated heterocycles. The summed E-state index contributed by atoms with van der Waals surface area (Å²) >= 11 is 0. The van der Waals surface area contributed by atoms with Gasteiger partial charge in [0.15, 0.2) is 0 Å². The van der Waals surface area contributed by atoms with Crippen molar-refractivity contribution in [3.63, 3.8) is 0 Å². The first kappa shape index (κ1) is 10.9. The minimum absolute atomic E-state index is 0.0144. The predicted octanol–water partition coefficient (Wildman–Crippen LogP) is -0.436. The van der Waals surface area contributed by atoms with Crippen LogP contribution < -0.4 is 11.2 Å². The number of hydrogen-bond acceptors (Lipinski definition) is 4. The number of hydrogen-bond donors (Lipinski definition) is 2. The summed E-state index contributed by atoms with van der Waals surface area (Å²) in [5.74, 6) is -1.04. The summed E-state index contributed by atoms with van der Waals surface area (Å²) in [5, 5.41) is 0. The number of carbonyl (C=O) groups is 2. The zero-order chi connectivity index (χ0) is 9.72. The molecule has 0 fully saturated rings. The summed E-state index contributed by atoms with van der Waals surface area (Å²) in [5.41, 5.74) is 7.39. The van der Waals surface area contributed by atoms with Gasteiger partial charge < -0.3 is 10.6 Å².